The first-order valence-electron chi connectivity index (χ1n) is 7.30. The van der Waals surface area contributed by atoms with Crippen LogP contribution in [0.1, 0.15) is 16.3 Å². The zero-order chi connectivity index (χ0) is 17.3. The number of rotatable bonds is 3. The second-order valence-electron chi connectivity index (χ2n) is 4.87. The predicted octanol–water partition coefficient (Wildman–Crippen LogP) is 4.03. The van der Waals surface area contributed by atoms with Crippen molar-refractivity contribution in [3.8, 4) is 21.3 Å². The van der Waals surface area contributed by atoms with Gasteiger partial charge in [0.05, 0.1) is 0 Å². The van der Waals surface area contributed by atoms with Gasteiger partial charge in [0.15, 0.2) is 0 Å². The van der Waals surface area contributed by atoms with E-state index in [1.54, 1.807) is 19.1 Å². The van der Waals surface area contributed by atoms with E-state index in [0.29, 0.717) is 31.5 Å². The van der Waals surface area contributed by atoms with Gasteiger partial charge in [-0.2, -0.15) is 0 Å². The first-order valence-corrected chi connectivity index (χ1v) is 8.51. The first kappa shape index (κ1) is 14.0. The van der Waals surface area contributed by atoms with Gasteiger partial charge in [-0.05, 0) is 0 Å². The number of carbonyl (C=O) groups is 1. The van der Waals surface area contributed by atoms with Crippen LogP contribution in [0.3, 0.4) is 0 Å². The van der Waals surface area contributed by atoms with Gasteiger partial charge in [-0.3, -0.25) is 0 Å². The van der Waals surface area contributed by atoms with Gasteiger partial charge < -0.3 is 0 Å². The Labute approximate surface area is 141 Å². The summed E-state index contributed by atoms with van der Waals surface area (Å²) in [5.41, 5.74) is 2.94. The van der Waals surface area contributed by atoms with Crippen molar-refractivity contribution in [3.63, 3.8) is 0 Å². The zero-order valence-electron chi connectivity index (χ0n) is 13.2. The number of hydrogen-bond acceptors (Lipinski definition) is 2. The van der Waals surface area contributed by atoms with Crippen molar-refractivity contribution >= 4 is 26.2 Å². The molecule has 4 nitrogen and oxygen atoms in total. The summed E-state index contributed by atoms with van der Waals surface area (Å²) in [6.07, 6.45) is 0. The molecule has 0 aliphatic carbocycles. The molecule has 112 valence electrons. The van der Waals surface area contributed by atoms with Crippen LogP contribution < -0.4 is 0 Å². The minimum atomic E-state index is -0.955. The standard InChI is InChI=1S/C18H12N2O2Se/c1-11-16(18(21)22)23-17(20-11)13-8-9-14(15(10-13)19-2)12-6-4-3-5-7-12/h3-10H,1H3,(H,21,22)/i9D. The van der Waals surface area contributed by atoms with E-state index in [-0.39, 0.29) is 6.04 Å². The zero-order valence-corrected chi connectivity index (χ0v) is 13.9. The molecular weight excluding hydrogens is 355 g/mol. The Morgan fingerprint density at radius 1 is 1.30 bits per heavy atom. The summed E-state index contributed by atoms with van der Waals surface area (Å²) in [6, 6.07) is 13.0. The third-order valence-corrected chi connectivity index (χ3v) is 5.85. The average molecular weight is 368 g/mol. The fourth-order valence-corrected chi connectivity index (χ4v) is 4.12. The van der Waals surface area contributed by atoms with Gasteiger partial charge in [-0.1, -0.05) is 0 Å². The summed E-state index contributed by atoms with van der Waals surface area (Å²) in [6.45, 7) is 9.12. The molecule has 1 N–H and O–H groups in total. The van der Waals surface area contributed by atoms with E-state index in [4.69, 9.17) is 7.94 Å². The summed E-state index contributed by atoms with van der Waals surface area (Å²) >= 11 is -0.421. The molecular formula is C18H12N2O2Se. The summed E-state index contributed by atoms with van der Waals surface area (Å²) in [4.78, 5) is 19.1. The van der Waals surface area contributed by atoms with E-state index >= 15 is 0 Å². The molecule has 5 heteroatoms. The Kier molecular flexibility index (Phi) is 3.77. The van der Waals surface area contributed by atoms with Crippen LogP contribution in [0, 0.1) is 13.5 Å². The Balaban J connectivity index is 2.16. The molecule has 0 aliphatic rings. The van der Waals surface area contributed by atoms with Crippen LogP contribution in [-0.4, -0.2) is 30.6 Å². The first-order chi connectivity index (χ1) is 11.5. The van der Waals surface area contributed by atoms with Crippen LogP contribution in [0.25, 0.3) is 26.1 Å². The van der Waals surface area contributed by atoms with Crippen molar-refractivity contribution in [1.82, 2.24) is 4.98 Å². The van der Waals surface area contributed by atoms with E-state index < -0.39 is 20.5 Å². The summed E-state index contributed by atoms with van der Waals surface area (Å²) < 4.78 is 9.29. The number of benzene rings is 2. The van der Waals surface area contributed by atoms with Crippen molar-refractivity contribution in [2.45, 2.75) is 6.92 Å². The monoisotopic (exact) mass is 369 g/mol. The molecule has 2 aromatic carbocycles. The average Bonchev–Trinajstić information content (AvgIpc) is 2.97. The fraction of sp³-hybridized carbons (Fsp3) is 0.0556. The number of nitrogens with zero attached hydrogens (tertiary/aromatic N) is 2. The summed E-state index contributed by atoms with van der Waals surface area (Å²) in [7, 11) is 0. The van der Waals surface area contributed by atoms with Crippen LogP contribution in [0.4, 0.5) is 5.69 Å². The van der Waals surface area contributed by atoms with Gasteiger partial charge in [0.2, 0.25) is 0 Å². The number of hydrogen-bond donors (Lipinski definition) is 1. The van der Waals surface area contributed by atoms with Gasteiger partial charge in [0, 0.05) is 0 Å². The molecule has 0 atom stereocenters. The van der Waals surface area contributed by atoms with Crippen molar-refractivity contribution < 1.29 is 11.3 Å². The molecule has 0 fully saturated rings. The topological polar surface area (TPSA) is 54.5 Å². The SMILES string of the molecule is [2H]c1cc(-c2nc(C)c(C(=O)O)[se]2)cc([N+]#[C-])c1-c1ccccc1. The van der Waals surface area contributed by atoms with Gasteiger partial charge >= 0.3 is 141 Å². The molecule has 3 rings (SSSR count). The number of aryl methyl sites for hydroxylation is 1. The van der Waals surface area contributed by atoms with Crippen LogP contribution in [-0.2, 0) is 0 Å². The Morgan fingerprint density at radius 2 is 2.04 bits per heavy atom. The van der Waals surface area contributed by atoms with Crippen molar-refractivity contribution in [2.24, 2.45) is 0 Å². The van der Waals surface area contributed by atoms with Gasteiger partial charge in [0.1, 0.15) is 0 Å². The molecule has 0 saturated heterocycles. The number of aromatic nitrogens is 1. The number of carboxylic acids is 1. The molecule has 0 spiro atoms. The molecule has 1 aromatic heterocycles. The molecule has 0 bridgehead atoms. The maximum atomic E-state index is 11.2. The van der Waals surface area contributed by atoms with Crippen molar-refractivity contribution in [1.29, 1.82) is 0 Å². The third kappa shape index (κ3) is 2.95. The number of aromatic carboxylic acids is 1. The summed E-state index contributed by atoms with van der Waals surface area (Å²) in [5.74, 6) is -0.955. The molecule has 0 aliphatic heterocycles. The molecule has 1 heterocycles. The second-order valence-corrected chi connectivity index (χ2v) is 6.96. The van der Waals surface area contributed by atoms with E-state index in [2.05, 4.69) is 9.83 Å². The van der Waals surface area contributed by atoms with E-state index in [0.717, 1.165) is 5.56 Å². The molecule has 0 saturated carbocycles. The van der Waals surface area contributed by atoms with Crippen molar-refractivity contribution in [2.75, 3.05) is 0 Å². The van der Waals surface area contributed by atoms with E-state index in [9.17, 15) is 9.90 Å². The van der Waals surface area contributed by atoms with Crippen LogP contribution >= 0.6 is 0 Å². The predicted molar refractivity (Wildman–Crippen MR) is 90.0 cm³/mol. The fourth-order valence-electron chi connectivity index (χ4n) is 2.25. The van der Waals surface area contributed by atoms with Gasteiger partial charge in [-0.15, -0.1) is 0 Å². The quantitative estimate of drug-likeness (QED) is 0.561. The van der Waals surface area contributed by atoms with E-state index in [1.807, 2.05) is 30.3 Å². The Bertz CT molecular complexity index is 975. The minimum absolute atomic E-state index is 0.240. The van der Waals surface area contributed by atoms with Gasteiger partial charge in [0.25, 0.3) is 0 Å². The molecule has 3 aromatic rings. The molecule has 0 amide bonds. The molecule has 0 radical (unpaired) electrons. The van der Waals surface area contributed by atoms with Crippen LogP contribution in [0.2, 0.25) is 0 Å². The van der Waals surface area contributed by atoms with Crippen LogP contribution in [0.5, 0.6) is 0 Å². The van der Waals surface area contributed by atoms with E-state index in [1.165, 1.54) is 0 Å². The third-order valence-electron chi connectivity index (χ3n) is 3.34. The molecule has 23 heavy (non-hydrogen) atoms. The van der Waals surface area contributed by atoms with Gasteiger partial charge in [-0.25, -0.2) is 0 Å². The summed E-state index contributed by atoms with van der Waals surface area (Å²) in [5, 5.41) is 9.20. The second kappa shape index (κ2) is 6.21. The Hall–Kier alpha value is -2.67. The maximum absolute atomic E-state index is 11.2. The van der Waals surface area contributed by atoms with Crippen molar-refractivity contribution in [3.05, 3.63) is 70.1 Å². The Morgan fingerprint density at radius 3 is 2.65 bits per heavy atom. The number of carboxylic acid groups (broad SMARTS) is 1. The van der Waals surface area contributed by atoms with Crippen LogP contribution in [0.15, 0.2) is 48.5 Å². The normalized spacial score (nSPS) is 10.9. The molecule has 0 unspecified atom stereocenters.